The molecular formula is C18H20N4O. The van der Waals surface area contributed by atoms with Crippen LogP contribution in [0.3, 0.4) is 0 Å². The van der Waals surface area contributed by atoms with Gasteiger partial charge in [-0.2, -0.15) is 5.26 Å². The molecule has 118 valence electrons. The monoisotopic (exact) mass is 308 g/mol. The van der Waals surface area contributed by atoms with E-state index in [4.69, 9.17) is 4.74 Å². The Morgan fingerprint density at radius 2 is 2.13 bits per heavy atom. The number of nitriles is 1. The highest BCUT2D eigenvalue weighted by Crippen LogP contribution is 2.21. The number of morpholine rings is 1. The highest BCUT2D eigenvalue weighted by Gasteiger charge is 2.25. The highest BCUT2D eigenvalue weighted by molar-refractivity contribution is 5.45. The van der Waals surface area contributed by atoms with Gasteiger partial charge in [0.05, 0.1) is 19.3 Å². The normalized spacial score (nSPS) is 17.7. The van der Waals surface area contributed by atoms with Crippen LogP contribution in [0.2, 0.25) is 0 Å². The largest absolute Gasteiger partial charge is 0.377 e. The van der Waals surface area contributed by atoms with E-state index in [0.29, 0.717) is 24.7 Å². The van der Waals surface area contributed by atoms with Gasteiger partial charge in [0.25, 0.3) is 0 Å². The van der Waals surface area contributed by atoms with Crippen molar-refractivity contribution in [1.29, 1.82) is 5.26 Å². The summed E-state index contributed by atoms with van der Waals surface area (Å²) in [5.74, 6) is 1.54. The topological polar surface area (TPSA) is 62.0 Å². The zero-order valence-corrected chi connectivity index (χ0v) is 13.3. The molecule has 1 aromatic heterocycles. The molecule has 1 saturated heterocycles. The zero-order chi connectivity index (χ0) is 16.1. The Kier molecular flexibility index (Phi) is 4.84. The summed E-state index contributed by atoms with van der Waals surface area (Å²) in [6.07, 6.45) is 1.62. The summed E-state index contributed by atoms with van der Waals surface area (Å²) in [6.45, 7) is 4.13. The number of hydrogen-bond acceptors (Lipinski definition) is 5. The first-order valence-electron chi connectivity index (χ1n) is 7.96. The summed E-state index contributed by atoms with van der Waals surface area (Å²) < 4.78 is 5.67. The second kappa shape index (κ2) is 7.21. The Morgan fingerprint density at radius 1 is 1.30 bits per heavy atom. The molecule has 1 aromatic carbocycles. The zero-order valence-electron chi connectivity index (χ0n) is 13.3. The van der Waals surface area contributed by atoms with Crippen molar-refractivity contribution in [3.05, 3.63) is 53.5 Å². The molecule has 1 aliphatic rings. The number of rotatable bonds is 4. The molecule has 1 aliphatic heterocycles. The fraction of sp³-hybridized carbons (Fsp3) is 0.389. The van der Waals surface area contributed by atoms with Crippen molar-refractivity contribution in [2.24, 2.45) is 0 Å². The van der Waals surface area contributed by atoms with Crippen molar-refractivity contribution in [3.8, 4) is 6.07 Å². The van der Waals surface area contributed by atoms with Gasteiger partial charge in [-0.15, -0.1) is 0 Å². The number of benzene rings is 1. The third-order valence-corrected chi connectivity index (χ3v) is 4.03. The fourth-order valence-electron chi connectivity index (χ4n) is 2.86. The lowest BCUT2D eigenvalue weighted by Gasteiger charge is -2.36. The molecule has 0 aliphatic carbocycles. The van der Waals surface area contributed by atoms with Crippen molar-refractivity contribution in [3.63, 3.8) is 0 Å². The summed E-state index contributed by atoms with van der Waals surface area (Å²) in [6, 6.07) is 14.5. The third-order valence-electron chi connectivity index (χ3n) is 4.03. The van der Waals surface area contributed by atoms with E-state index in [1.54, 1.807) is 6.07 Å². The van der Waals surface area contributed by atoms with Gasteiger partial charge in [0.1, 0.15) is 23.4 Å². The Balaban J connectivity index is 1.88. The minimum Gasteiger partial charge on any atom is -0.377 e. The van der Waals surface area contributed by atoms with Crippen molar-refractivity contribution in [1.82, 2.24) is 9.97 Å². The lowest BCUT2D eigenvalue weighted by atomic mass is 10.0. The molecule has 5 heteroatoms. The van der Waals surface area contributed by atoms with Crippen LogP contribution in [0, 0.1) is 11.3 Å². The quantitative estimate of drug-likeness (QED) is 0.867. The Morgan fingerprint density at radius 3 is 2.87 bits per heavy atom. The number of aryl methyl sites for hydroxylation is 1. The molecule has 5 nitrogen and oxygen atoms in total. The fourth-order valence-corrected chi connectivity index (χ4v) is 2.86. The van der Waals surface area contributed by atoms with Gasteiger partial charge in [-0.3, -0.25) is 0 Å². The molecule has 0 saturated carbocycles. The lowest BCUT2D eigenvalue weighted by Crippen LogP contribution is -2.47. The average molecular weight is 308 g/mol. The number of hydrogen-bond donors (Lipinski definition) is 0. The van der Waals surface area contributed by atoms with E-state index in [-0.39, 0.29) is 6.04 Å². The van der Waals surface area contributed by atoms with E-state index in [0.717, 1.165) is 25.2 Å². The van der Waals surface area contributed by atoms with Crippen LogP contribution < -0.4 is 4.90 Å². The molecule has 0 spiro atoms. The highest BCUT2D eigenvalue weighted by atomic mass is 16.5. The lowest BCUT2D eigenvalue weighted by molar-refractivity contribution is 0.0936. The Labute approximate surface area is 136 Å². The maximum Gasteiger partial charge on any atom is 0.146 e. The minimum absolute atomic E-state index is 0.220. The van der Waals surface area contributed by atoms with Crippen molar-refractivity contribution >= 4 is 5.82 Å². The molecule has 2 heterocycles. The predicted octanol–water partition coefficient (Wildman–Crippen LogP) is 2.36. The van der Waals surface area contributed by atoms with Crippen molar-refractivity contribution in [2.45, 2.75) is 25.8 Å². The van der Waals surface area contributed by atoms with Crippen LogP contribution >= 0.6 is 0 Å². The van der Waals surface area contributed by atoms with Gasteiger partial charge in [0.15, 0.2) is 0 Å². The molecule has 0 radical (unpaired) electrons. The van der Waals surface area contributed by atoms with Gasteiger partial charge in [0, 0.05) is 19.0 Å². The van der Waals surface area contributed by atoms with E-state index < -0.39 is 0 Å². The number of aromatic nitrogens is 2. The summed E-state index contributed by atoms with van der Waals surface area (Å²) in [5, 5.41) is 9.20. The van der Waals surface area contributed by atoms with Crippen LogP contribution in [0.15, 0.2) is 36.4 Å². The number of ether oxygens (including phenoxy) is 1. The second-order valence-electron chi connectivity index (χ2n) is 5.60. The maximum absolute atomic E-state index is 9.20. The molecule has 1 unspecified atom stereocenters. The first-order valence-corrected chi connectivity index (χ1v) is 7.96. The number of nitrogens with zero attached hydrogens (tertiary/aromatic N) is 4. The molecule has 0 bridgehead atoms. The summed E-state index contributed by atoms with van der Waals surface area (Å²) >= 11 is 0. The van der Waals surface area contributed by atoms with Gasteiger partial charge in [-0.25, -0.2) is 9.97 Å². The minimum atomic E-state index is 0.220. The van der Waals surface area contributed by atoms with Crippen LogP contribution in [0.25, 0.3) is 0 Å². The van der Waals surface area contributed by atoms with E-state index in [1.165, 1.54) is 5.56 Å². The molecule has 1 fully saturated rings. The van der Waals surface area contributed by atoms with Gasteiger partial charge in [-0.05, 0) is 12.0 Å². The second-order valence-corrected chi connectivity index (χ2v) is 5.60. The Bertz CT molecular complexity index is 696. The van der Waals surface area contributed by atoms with Gasteiger partial charge in [-0.1, -0.05) is 37.3 Å². The summed E-state index contributed by atoms with van der Waals surface area (Å²) in [4.78, 5) is 11.1. The van der Waals surface area contributed by atoms with Gasteiger partial charge in [0.2, 0.25) is 0 Å². The number of anilines is 1. The molecule has 23 heavy (non-hydrogen) atoms. The molecule has 0 N–H and O–H groups in total. The molecular weight excluding hydrogens is 288 g/mol. The first-order chi connectivity index (χ1) is 11.3. The first kappa shape index (κ1) is 15.4. The molecule has 1 atom stereocenters. The smallest absolute Gasteiger partial charge is 0.146 e. The summed E-state index contributed by atoms with van der Waals surface area (Å²) in [7, 11) is 0. The van der Waals surface area contributed by atoms with Crippen LogP contribution in [0.1, 0.15) is 24.0 Å². The van der Waals surface area contributed by atoms with Crippen molar-refractivity contribution < 1.29 is 4.74 Å². The van der Waals surface area contributed by atoms with E-state index in [9.17, 15) is 5.26 Å². The maximum atomic E-state index is 9.20. The van der Waals surface area contributed by atoms with Crippen LogP contribution in [0.4, 0.5) is 5.82 Å². The predicted molar refractivity (Wildman–Crippen MR) is 88.2 cm³/mol. The molecule has 0 amide bonds. The molecule has 2 aromatic rings. The molecule has 3 rings (SSSR count). The van der Waals surface area contributed by atoms with Gasteiger partial charge < -0.3 is 9.64 Å². The average Bonchev–Trinajstić information content (AvgIpc) is 2.62. The SMILES string of the molecule is CCc1nc(C#N)cc(N2CCOCC2Cc2ccccc2)n1. The van der Waals surface area contributed by atoms with E-state index >= 15 is 0 Å². The van der Waals surface area contributed by atoms with Crippen molar-refractivity contribution in [2.75, 3.05) is 24.7 Å². The van der Waals surface area contributed by atoms with Crippen LogP contribution in [-0.2, 0) is 17.6 Å². The standard InChI is InChI=1S/C18H20N4O/c1-2-17-20-15(12-19)11-18(21-17)22-8-9-23-13-16(22)10-14-6-4-3-5-7-14/h3-7,11,16H,2,8-10,13H2,1H3. The van der Waals surface area contributed by atoms with Crippen LogP contribution in [0.5, 0.6) is 0 Å². The van der Waals surface area contributed by atoms with E-state index in [1.807, 2.05) is 13.0 Å². The van der Waals surface area contributed by atoms with E-state index in [2.05, 4.69) is 45.2 Å². The van der Waals surface area contributed by atoms with Crippen LogP contribution in [-0.4, -0.2) is 35.8 Å². The third kappa shape index (κ3) is 3.66. The van der Waals surface area contributed by atoms with Gasteiger partial charge >= 0.3 is 0 Å². The Hall–Kier alpha value is -2.45. The summed E-state index contributed by atoms with van der Waals surface area (Å²) in [5.41, 5.74) is 1.70.